The molecule has 1 amide bonds. The highest BCUT2D eigenvalue weighted by Crippen LogP contribution is 2.27. The Morgan fingerprint density at radius 1 is 1.10 bits per heavy atom. The van der Waals surface area contributed by atoms with Crippen molar-refractivity contribution in [3.63, 3.8) is 0 Å². The average Bonchev–Trinajstić information content (AvgIpc) is 3.45. The largest absolute Gasteiger partial charge is 0.486 e. The Morgan fingerprint density at radius 2 is 1.83 bits per heavy atom. The van der Waals surface area contributed by atoms with Gasteiger partial charge in [-0.3, -0.25) is 4.79 Å². The van der Waals surface area contributed by atoms with Gasteiger partial charge in [0.15, 0.2) is 0 Å². The first-order chi connectivity index (χ1) is 14.4. The number of aromatic nitrogens is 3. The van der Waals surface area contributed by atoms with Gasteiger partial charge in [-0.1, -0.05) is 18.2 Å². The fourth-order valence-corrected chi connectivity index (χ4v) is 4.81. The number of amides is 1. The first kappa shape index (κ1) is 20.0. The number of primary amides is 1. The van der Waals surface area contributed by atoms with Crippen molar-refractivity contribution in [2.24, 2.45) is 5.73 Å². The maximum absolute atomic E-state index is 12.7. The van der Waals surface area contributed by atoms with Crippen LogP contribution in [0.1, 0.15) is 28.9 Å². The van der Waals surface area contributed by atoms with Gasteiger partial charge in [-0.2, -0.15) is 14.2 Å². The molecule has 0 spiro atoms. The Kier molecular flexibility index (Phi) is 5.51. The van der Waals surface area contributed by atoms with E-state index >= 15 is 0 Å². The second-order valence-electron chi connectivity index (χ2n) is 6.88. The van der Waals surface area contributed by atoms with Crippen molar-refractivity contribution in [1.82, 2.24) is 19.3 Å². The maximum atomic E-state index is 12.7. The highest BCUT2D eigenvalue weighted by atomic mass is 32.2. The number of hydrogen-bond acceptors (Lipinski definition) is 6. The summed E-state index contributed by atoms with van der Waals surface area (Å²) < 4.78 is 32.6. The second kappa shape index (κ2) is 8.25. The molecule has 3 aromatic rings. The minimum absolute atomic E-state index is 0.00530. The van der Waals surface area contributed by atoms with Gasteiger partial charge in [-0.25, -0.2) is 8.42 Å². The number of rotatable bonds is 7. The molecule has 2 heterocycles. The number of benzene rings is 2. The SMILES string of the molecule is NC(=O)c1cc(S(=O)(=O)N2CCCC2)ccc1OCc1cnn(-c2ccccc2)n1. The second-order valence-corrected chi connectivity index (χ2v) is 8.82. The molecule has 10 heteroatoms. The summed E-state index contributed by atoms with van der Waals surface area (Å²) in [5.74, 6) is -0.575. The number of nitrogens with two attached hydrogens (primary N) is 1. The standard InChI is InChI=1S/C20H21N5O4S/c21-20(26)18-12-17(30(27,28)24-10-4-5-11-24)8-9-19(18)29-14-15-13-22-25(23-15)16-6-2-1-3-7-16/h1-3,6-9,12-13H,4-5,10-11,14H2,(H2,21,26). The lowest BCUT2D eigenvalue weighted by Crippen LogP contribution is -2.28. The molecule has 0 bridgehead atoms. The fourth-order valence-electron chi connectivity index (χ4n) is 3.26. The Labute approximate surface area is 174 Å². The topological polar surface area (TPSA) is 120 Å². The summed E-state index contributed by atoms with van der Waals surface area (Å²) in [6.07, 6.45) is 3.21. The van der Waals surface area contributed by atoms with E-state index in [-0.39, 0.29) is 22.8 Å². The lowest BCUT2D eigenvalue weighted by Gasteiger charge is -2.17. The van der Waals surface area contributed by atoms with Gasteiger partial charge >= 0.3 is 0 Å². The quantitative estimate of drug-likeness (QED) is 0.613. The first-order valence-corrected chi connectivity index (χ1v) is 10.9. The third-order valence-corrected chi connectivity index (χ3v) is 6.72. The van der Waals surface area contributed by atoms with E-state index in [1.54, 1.807) is 6.20 Å². The molecule has 1 aromatic heterocycles. The summed E-state index contributed by atoms with van der Waals surface area (Å²) in [6.45, 7) is 0.998. The van der Waals surface area contributed by atoms with E-state index in [0.29, 0.717) is 18.8 Å². The molecule has 0 unspecified atom stereocenters. The normalized spacial score (nSPS) is 14.7. The molecule has 0 atom stereocenters. The Bertz CT molecular complexity index is 1150. The maximum Gasteiger partial charge on any atom is 0.252 e. The van der Waals surface area contributed by atoms with Crippen molar-refractivity contribution >= 4 is 15.9 Å². The summed E-state index contributed by atoms with van der Waals surface area (Å²) in [6, 6.07) is 13.5. The Hall–Kier alpha value is -3.24. The number of para-hydroxylation sites is 1. The van der Waals surface area contributed by atoms with E-state index in [4.69, 9.17) is 10.5 Å². The number of carbonyl (C=O) groups is 1. The van der Waals surface area contributed by atoms with Crippen LogP contribution in [0.4, 0.5) is 0 Å². The Balaban J connectivity index is 1.53. The smallest absolute Gasteiger partial charge is 0.252 e. The lowest BCUT2D eigenvalue weighted by atomic mass is 10.2. The van der Waals surface area contributed by atoms with E-state index in [0.717, 1.165) is 18.5 Å². The van der Waals surface area contributed by atoms with Crippen LogP contribution >= 0.6 is 0 Å². The fraction of sp³-hybridized carbons (Fsp3) is 0.250. The molecule has 1 saturated heterocycles. The van der Waals surface area contributed by atoms with Crippen LogP contribution in [0.15, 0.2) is 59.6 Å². The van der Waals surface area contributed by atoms with Crippen LogP contribution in [0.3, 0.4) is 0 Å². The lowest BCUT2D eigenvalue weighted by molar-refractivity contribution is 0.0995. The summed E-state index contributed by atoms with van der Waals surface area (Å²) >= 11 is 0. The summed E-state index contributed by atoms with van der Waals surface area (Å²) in [5.41, 5.74) is 6.82. The molecule has 1 aliphatic heterocycles. The zero-order valence-electron chi connectivity index (χ0n) is 16.1. The van der Waals surface area contributed by atoms with Crippen LogP contribution in [-0.4, -0.2) is 46.7 Å². The number of carbonyl (C=O) groups excluding carboxylic acids is 1. The van der Waals surface area contributed by atoms with Gasteiger partial charge in [0, 0.05) is 13.1 Å². The molecule has 4 rings (SSSR count). The number of sulfonamides is 1. The molecular weight excluding hydrogens is 406 g/mol. The molecule has 0 aliphatic carbocycles. The van der Waals surface area contributed by atoms with Crippen molar-refractivity contribution in [2.45, 2.75) is 24.3 Å². The monoisotopic (exact) mass is 427 g/mol. The van der Waals surface area contributed by atoms with Crippen molar-refractivity contribution in [3.05, 3.63) is 66.0 Å². The van der Waals surface area contributed by atoms with Crippen molar-refractivity contribution in [2.75, 3.05) is 13.1 Å². The van der Waals surface area contributed by atoms with Crippen molar-refractivity contribution < 1.29 is 17.9 Å². The van der Waals surface area contributed by atoms with Gasteiger partial charge in [0.25, 0.3) is 5.91 Å². The van der Waals surface area contributed by atoms with Gasteiger partial charge in [0.1, 0.15) is 18.1 Å². The van der Waals surface area contributed by atoms with Gasteiger partial charge in [0.05, 0.1) is 22.3 Å². The van der Waals surface area contributed by atoms with Crippen LogP contribution in [-0.2, 0) is 16.6 Å². The molecule has 156 valence electrons. The van der Waals surface area contributed by atoms with Crippen molar-refractivity contribution in [1.29, 1.82) is 0 Å². The van der Waals surface area contributed by atoms with E-state index in [9.17, 15) is 13.2 Å². The Morgan fingerprint density at radius 3 is 2.53 bits per heavy atom. The molecule has 2 N–H and O–H groups in total. The van der Waals surface area contributed by atoms with Crippen LogP contribution in [0.2, 0.25) is 0 Å². The molecule has 0 saturated carbocycles. The van der Waals surface area contributed by atoms with Crippen LogP contribution in [0, 0.1) is 0 Å². The predicted octanol–water partition coefficient (Wildman–Crippen LogP) is 1.73. The van der Waals surface area contributed by atoms with Gasteiger partial charge < -0.3 is 10.5 Å². The number of nitrogens with zero attached hydrogens (tertiary/aromatic N) is 4. The zero-order chi connectivity index (χ0) is 21.1. The molecule has 1 aliphatic rings. The average molecular weight is 427 g/mol. The minimum atomic E-state index is -3.66. The van der Waals surface area contributed by atoms with E-state index in [1.807, 2.05) is 30.3 Å². The summed E-state index contributed by atoms with van der Waals surface area (Å²) in [7, 11) is -3.66. The van der Waals surface area contributed by atoms with Crippen LogP contribution in [0.5, 0.6) is 5.75 Å². The van der Waals surface area contributed by atoms with Crippen LogP contribution in [0.25, 0.3) is 5.69 Å². The van der Waals surface area contributed by atoms with Gasteiger partial charge in [-0.15, -0.1) is 5.10 Å². The number of ether oxygens (including phenoxy) is 1. The van der Waals surface area contributed by atoms with E-state index in [2.05, 4.69) is 10.2 Å². The summed E-state index contributed by atoms with van der Waals surface area (Å²) in [4.78, 5) is 13.4. The van der Waals surface area contributed by atoms with Crippen LogP contribution < -0.4 is 10.5 Å². The summed E-state index contributed by atoms with van der Waals surface area (Å²) in [5, 5.41) is 8.54. The molecule has 0 radical (unpaired) electrons. The predicted molar refractivity (Wildman–Crippen MR) is 109 cm³/mol. The minimum Gasteiger partial charge on any atom is -0.486 e. The zero-order valence-corrected chi connectivity index (χ0v) is 17.0. The molecule has 2 aromatic carbocycles. The van der Waals surface area contributed by atoms with Crippen molar-refractivity contribution in [3.8, 4) is 11.4 Å². The third-order valence-electron chi connectivity index (χ3n) is 4.82. The molecule has 30 heavy (non-hydrogen) atoms. The highest BCUT2D eigenvalue weighted by molar-refractivity contribution is 7.89. The third kappa shape index (κ3) is 4.05. The molecule has 1 fully saturated rings. The van der Waals surface area contributed by atoms with Gasteiger partial charge in [-0.05, 0) is 43.2 Å². The number of hydrogen-bond donors (Lipinski definition) is 1. The van der Waals surface area contributed by atoms with Gasteiger partial charge in [0.2, 0.25) is 10.0 Å². The highest BCUT2D eigenvalue weighted by Gasteiger charge is 2.28. The first-order valence-electron chi connectivity index (χ1n) is 9.48. The van der Waals surface area contributed by atoms with E-state index in [1.165, 1.54) is 27.3 Å². The molecule has 9 nitrogen and oxygen atoms in total. The van der Waals surface area contributed by atoms with E-state index < -0.39 is 15.9 Å². The molecular formula is C20H21N5O4S.